The molecule has 0 aliphatic rings. The van der Waals surface area contributed by atoms with E-state index in [2.05, 4.69) is 5.32 Å². The van der Waals surface area contributed by atoms with Crippen LogP contribution in [-0.4, -0.2) is 32.9 Å². The minimum atomic E-state index is -3.43. The van der Waals surface area contributed by atoms with Gasteiger partial charge in [0, 0.05) is 12.3 Å². The summed E-state index contributed by atoms with van der Waals surface area (Å²) >= 11 is 0. The molecule has 0 saturated heterocycles. The Bertz CT molecular complexity index is 554. The highest BCUT2D eigenvalue weighted by atomic mass is 32.2. The van der Waals surface area contributed by atoms with Gasteiger partial charge in [-0.05, 0) is 19.1 Å². The van der Waals surface area contributed by atoms with Gasteiger partial charge >= 0.3 is 0 Å². The number of carbonyl (C=O) groups is 1. The summed E-state index contributed by atoms with van der Waals surface area (Å²) in [5, 5.41) is 1.34. The van der Waals surface area contributed by atoms with Gasteiger partial charge in [0.2, 0.25) is 5.91 Å². The second-order valence-electron chi connectivity index (χ2n) is 3.91. The second-order valence-corrected chi connectivity index (χ2v) is 6.28. The molecule has 100 valence electrons. The molecule has 1 unspecified atom stereocenters. The summed E-state index contributed by atoms with van der Waals surface area (Å²) < 4.78 is 27.4. The Morgan fingerprint density at radius 3 is 2.50 bits per heavy atom. The molecule has 18 heavy (non-hydrogen) atoms. The molecule has 1 atom stereocenters. The summed E-state index contributed by atoms with van der Waals surface area (Å²) in [5.41, 5.74) is 6.38. The molecular weight excluding hydrogens is 256 g/mol. The molecule has 0 aliphatic heterocycles. The monoisotopic (exact) mass is 272 g/mol. The van der Waals surface area contributed by atoms with Crippen molar-refractivity contribution in [2.24, 2.45) is 0 Å². The van der Waals surface area contributed by atoms with E-state index in [1.165, 1.54) is 14.0 Å². The van der Waals surface area contributed by atoms with Gasteiger partial charge in [-0.25, -0.2) is 8.42 Å². The Labute approximate surface area is 106 Å². The number of rotatable bonds is 4. The van der Waals surface area contributed by atoms with E-state index in [1.54, 1.807) is 18.2 Å². The lowest BCUT2D eigenvalue weighted by Crippen LogP contribution is -2.32. The van der Waals surface area contributed by atoms with Crippen LogP contribution in [0.15, 0.2) is 18.2 Å². The molecule has 0 saturated carbocycles. The first-order valence-corrected chi connectivity index (χ1v) is 7.14. The third-order valence-electron chi connectivity index (χ3n) is 2.53. The molecule has 1 aromatic carbocycles. The summed E-state index contributed by atoms with van der Waals surface area (Å²) in [6.45, 7) is 1.32. The van der Waals surface area contributed by atoms with Gasteiger partial charge in [-0.3, -0.25) is 4.79 Å². The lowest BCUT2D eigenvalue weighted by molar-refractivity contribution is -0.115. The zero-order valence-corrected chi connectivity index (χ0v) is 11.2. The fourth-order valence-corrected chi connectivity index (χ4v) is 1.66. The lowest BCUT2D eigenvalue weighted by atomic mass is 10.2. The largest absolute Gasteiger partial charge is 0.497 e. The van der Waals surface area contributed by atoms with E-state index in [9.17, 15) is 13.2 Å². The van der Waals surface area contributed by atoms with Crippen molar-refractivity contribution in [2.45, 2.75) is 12.2 Å². The van der Waals surface area contributed by atoms with Crippen molar-refractivity contribution >= 4 is 27.1 Å². The molecule has 0 bridgehead atoms. The molecule has 6 nitrogen and oxygen atoms in total. The summed E-state index contributed by atoms with van der Waals surface area (Å²) in [4.78, 5) is 11.7. The Morgan fingerprint density at radius 1 is 1.44 bits per heavy atom. The van der Waals surface area contributed by atoms with Crippen molar-refractivity contribution in [2.75, 3.05) is 24.4 Å². The first kappa shape index (κ1) is 14.3. The van der Waals surface area contributed by atoms with Crippen LogP contribution in [0, 0.1) is 0 Å². The van der Waals surface area contributed by atoms with E-state index in [-0.39, 0.29) is 0 Å². The standard InChI is InChI=1S/C11H16N2O4S/c1-7(18(3,15)16)11(14)13-10-5-4-8(17-2)6-9(10)12/h4-7H,12H2,1-3H3,(H,13,14). The highest BCUT2D eigenvalue weighted by Crippen LogP contribution is 2.24. The number of methoxy groups -OCH3 is 1. The van der Waals surface area contributed by atoms with Crippen molar-refractivity contribution in [1.82, 2.24) is 0 Å². The number of nitrogens with two attached hydrogens (primary N) is 1. The highest BCUT2D eigenvalue weighted by Gasteiger charge is 2.23. The Kier molecular flexibility index (Phi) is 4.18. The highest BCUT2D eigenvalue weighted by molar-refractivity contribution is 7.92. The molecule has 1 rings (SSSR count). The molecule has 0 radical (unpaired) electrons. The fraction of sp³-hybridized carbons (Fsp3) is 0.364. The molecule has 7 heteroatoms. The molecule has 1 aromatic rings. The maximum atomic E-state index is 11.7. The van der Waals surface area contributed by atoms with E-state index < -0.39 is 21.0 Å². The molecule has 0 aromatic heterocycles. The van der Waals surface area contributed by atoms with Gasteiger partial charge in [0.15, 0.2) is 9.84 Å². The average Bonchev–Trinajstić information content (AvgIpc) is 2.29. The first-order chi connectivity index (χ1) is 8.25. The lowest BCUT2D eigenvalue weighted by Gasteiger charge is -2.12. The Hall–Kier alpha value is -1.76. The van der Waals surface area contributed by atoms with E-state index >= 15 is 0 Å². The number of nitrogen functional groups attached to an aromatic ring is 1. The number of anilines is 2. The van der Waals surface area contributed by atoms with Gasteiger partial charge in [0.25, 0.3) is 0 Å². The molecule has 0 spiro atoms. The Balaban J connectivity index is 2.89. The SMILES string of the molecule is COc1ccc(NC(=O)C(C)S(C)(=O)=O)c(N)c1. The summed E-state index contributed by atoms with van der Waals surface area (Å²) in [6, 6.07) is 4.72. The van der Waals surface area contributed by atoms with Crippen LogP contribution in [0.2, 0.25) is 0 Å². The summed E-state index contributed by atoms with van der Waals surface area (Å²) in [6.07, 6.45) is 1.01. The van der Waals surface area contributed by atoms with Crippen molar-refractivity contribution in [3.05, 3.63) is 18.2 Å². The fourth-order valence-electron chi connectivity index (χ4n) is 1.21. The minimum Gasteiger partial charge on any atom is -0.497 e. The van der Waals surface area contributed by atoms with Crippen molar-refractivity contribution in [1.29, 1.82) is 0 Å². The van der Waals surface area contributed by atoms with Crippen LogP contribution in [-0.2, 0) is 14.6 Å². The van der Waals surface area contributed by atoms with E-state index in [0.717, 1.165) is 6.26 Å². The zero-order valence-electron chi connectivity index (χ0n) is 10.4. The number of benzene rings is 1. The maximum Gasteiger partial charge on any atom is 0.242 e. The normalized spacial score (nSPS) is 12.8. The quantitative estimate of drug-likeness (QED) is 0.784. The number of hydrogen-bond acceptors (Lipinski definition) is 5. The number of sulfone groups is 1. The van der Waals surface area contributed by atoms with E-state index in [4.69, 9.17) is 10.5 Å². The van der Waals surface area contributed by atoms with Crippen LogP contribution in [0.3, 0.4) is 0 Å². The minimum absolute atomic E-state index is 0.309. The maximum absolute atomic E-state index is 11.7. The summed E-state index contributed by atoms with van der Waals surface area (Å²) in [5.74, 6) is -0.0592. The van der Waals surface area contributed by atoms with E-state index in [0.29, 0.717) is 17.1 Å². The van der Waals surface area contributed by atoms with Crippen LogP contribution in [0.25, 0.3) is 0 Å². The van der Waals surface area contributed by atoms with Crippen molar-refractivity contribution in [3.8, 4) is 5.75 Å². The van der Waals surface area contributed by atoms with Crippen LogP contribution >= 0.6 is 0 Å². The van der Waals surface area contributed by atoms with E-state index in [1.807, 2.05) is 0 Å². The molecule has 1 amide bonds. The van der Waals surface area contributed by atoms with Gasteiger partial charge < -0.3 is 15.8 Å². The van der Waals surface area contributed by atoms with Crippen molar-refractivity contribution in [3.63, 3.8) is 0 Å². The van der Waals surface area contributed by atoms with Crippen LogP contribution in [0.4, 0.5) is 11.4 Å². The van der Waals surface area contributed by atoms with Gasteiger partial charge in [0.1, 0.15) is 11.0 Å². The average molecular weight is 272 g/mol. The number of ether oxygens (including phenoxy) is 1. The third-order valence-corrected chi connectivity index (χ3v) is 4.03. The topological polar surface area (TPSA) is 98.5 Å². The van der Waals surface area contributed by atoms with Crippen LogP contribution < -0.4 is 15.8 Å². The van der Waals surface area contributed by atoms with Crippen molar-refractivity contribution < 1.29 is 17.9 Å². The zero-order chi connectivity index (χ0) is 13.9. The van der Waals surface area contributed by atoms with Gasteiger partial charge in [-0.15, -0.1) is 0 Å². The number of nitrogens with one attached hydrogen (secondary N) is 1. The van der Waals surface area contributed by atoms with Gasteiger partial charge in [0.05, 0.1) is 18.5 Å². The number of amides is 1. The number of hydrogen-bond donors (Lipinski definition) is 2. The molecule has 0 heterocycles. The molecular formula is C11H16N2O4S. The second kappa shape index (κ2) is 5.26. The predicted octanol–water partition coefficient (Wildman–Crippen LogP) is 0.649. The molecule has 0 aliphatic carbocycles. The third kappa shape index (κ3) is 3.36. The summed E-state index contributed by atoms with van der Waals surface area (Å²) in [7, 11) is -1.93. The van der Waals surface area contributed by atoms with Crippen LogP contribution in [0.5, 0.6) is 5.75 Å². The Morgan fingerprint density at radius 2 is 2.06 bits per heavy atom. The molecule has 3 N–H and O–H groups in total. The van der Waals surface area contributed by atoms with Crippen LogP contribution in [0.1, 0.15) is 6.92 Å². The predicted molar refractivity (Wildman–Crippen MR) is 70.3 cm³/mol. The van der Waals surface area contributed by atoms with Gasteiger partial charge in [-0.1, -0.05) is 0 Å². The number of carbonyl (C=O) groups excluding carboxylic acids is 1. The first-order valence-electron chi connectivity index (χ1n) is 5.19. The smallest absolute Gasteiger partial charge is 0.242 e. The van der Waals surface area contributed by atoms with Gasteiger partial charge in [-0.2, -0.15) is 0 Å². The molecule has 0 fully saturated rings.